The molecule has 0 radical (unpaired) electrons. The van der Waals surface area contributed by atoms with Crippen molar-refractivity contribution in [3.63, 3.8) is 0 Å². The molecule has 0 N–H and O–H groups in total. The minimum absolute atomic E-state index is 0.582. The van der Waals surface area contributed by atoms with E-state index in [4.69, 9.17) is 0 Å². The quantitative estimate of drug-likeness (QED) is 0.265. The standard InChI is InChI=1S/C25H33N2.BF4/c1-16-11-18(3)24(19(4)12-16)26-15-27(23-10-8-7-9-22(23)26)25-20(5)13-17(2)14-21(25)6;2-1(3,4)5/h11-15,22-23H,7-10H2,1-6H3;/q+1;-1/t22-,23-;/m1./s1. The average Bonchev–Trinajstić information content (AvgIpc) is 2.98. The lowest BCUT2D eigenvalue weighted by molar-refractivity contribution is -0.478. The van der Waals surface area contributed by atoms with Crippen molar-refractivity contribution in [2.24, 2.45) is 0 Å². The Kier molecular flexibility index (Phi) is 7.06. The van der Waals surface area contributed by atoms with Crippen molar-refractivity contribution in [3.05, 3.63) is 57.6 Å². The van der Waals surface area contributed by atoms with Crippen LogP contribution in [0.25, 0.3) is 0 Å². The van der Waals surface area contributed by atoms with Gasteiger partial charge in [0.1, 0.15) is 23.5 Å². The Hall–Kier alpha value is -2.31. The van der Waals surface area contributed by atoms with E-state index in [1.807, 2.05) is 0 Å². The van der Waals surface area contributed by atoms with Gasteiger partial charge in [-0.2, -0.15) is 0 Å². The van der Waals surface area contributed by atoms with Gasteiger partial charge in [0.15, 0.2) is 0 Å². The smallest absolute Gasteiger partial charge is 0.418 e. The summed E-state index contributed by atoms with van der Waals surface area (Å²) >= 11 is 0. The molecule has 2 aromatic rings. The topological polar surface area (TPSA) is 6.25 Å². The van der Waals surface area contributed by atoms with Crippen LogP contribution in [0.3, 0.4) is 0 Å². The van der Waals surface area contributed by atoms with Crippen LogP contribution in [0.1, 0.15) is 59.1 Å². The highest BCUT2D eigenvalue weighted by atomic mass is 19.5. The molecule has 0 aromatic heterocycles. The molecule has 32 heavy (non-hydrogen) atoms. The normalized spacial score (nSPS) is 20.4. The number of benzene rings is 2. The number of hydrogen-bond acceptors (Lipinski definition) is 1. The number of aryl methyl sites for hydroxylation is 6. The summed E-state index contributed by atoms with van der Waals surface area (Å²) in [4.78, 5) is 2.60. The molecule has 0 spiro atoms. The monoisotopic (exact) mass is 448 g/mol. The van der Waals surface area contributed by atoms with E-state index >= 15 is 0 Å². The maximum Gasteiger partial charge on any atom is 0.673 e. The number of rotatable bonds is 2. The third kappa shape index (κ3) is 5.36. The van der Waals surface area contributed by atoms with Crippen LogP contribution in [0.2, 0.25) is 0 Å². The lowest BCUT2D eigenvalue weighted by atomic mass is 9.88. The van der Waals surface area contributed by atoms with Crippen LogP contribution in [-0.2, 0) is 0 Å². The fourth-order valence-corrected chi connectivity index (χ4v) is 5.65. The number of nitrogens with zero attached hydrogens (tertiary/aromatic N) is 2. The molecule has 2 nitrogen and oxygen atoms in total. The summed E-state index contributed by atoms with van der Waals surface area (Å²) in [5, 5.41) is 0. The predicted octanol–water partition coefficient (Wildman–Crippen LogP) is 7.34. The Morgan fingerprint density at radius 3 is 1.69 bits per heavy atom. The van der Waals surface area contributed by atoms with Crippen molar-refractivity contribution in [1.82, 2.24) is 0 Å². The van der Waals surface area contributed by atoms with E-state index in [0.717, 1.165) is 0 Å². The number of fused-ring (bicyclic) bond motifs is 1. The predicted molar refractivity (Wildman–Crippen MR) is 126 cm³/mol. The van der Waals surface area contributed by atoms with E-state index in [2.05, 4.69) is 81.6 Å². The summed E-state index contributed by atoms with van der Waals surface area (Å²) in [5.74, 6) is 0. The molecule has 1 aliphatic heterocycles. The summed E-state index contributed by atoms with van der Waals surface area (Å²) in [7, 11) is -6.00. The second-order valence-corrected chi connectivity index (χ2v) is 9.34. The van der Waals surface area contributed by atoms with Crippen molar-refractivity contribution >= 4 is 25.0 Å². The van der Waals surface area contributed by atoms with Gasteiger partial charge in [-0.25, -0.2) is 9.48 Å². The van der Waals surface area contributed by atoms with Gasteiger partial charge >= 0.3 is 7.25 Å². The van der Waals surface area contributed by atoms with E-state index in [0.29, 0.717) is 12.1 Å². The summed E-state index contributed by atoms with van der Waals surface area (Å²) in [6, 6.07) is 10.5. The summed E-state index contributed by atoms with van der Waals surface area (Å²) in [5.41, 5.74) is 11.1. The summed E-state index contributed by atoms with van der Waals surface area (Å²) in [6.07, 6.45) is 7.68. The Morgan fingerprint density at radius 1 is 0.750 bits per heavy atom. The number of hydrogen-bond donors (Lipinski definition) is 0. The first-order valence-electron chi connectivity index (χ1n) is 11.3. The van der Waals surface area contributed by atoms with E-state index in [1.165, 1.54) is 70.4 Å². The Bertz CT molecular complexity index is 977. The maximum atomic E-state index is 9.75. The Morgan fingerprint density at radius 2 is 1.19 bits per heavy atom. The molecule has 174 valence electrons. The molecule has 1 fully saturated rings. The molecule has 2 aliphatic rings. The van der Waals surface area contributed by atoms with Crippen LogP contribution in [0.4, 0.5) is 28.6 Å². The van der Waals surface area contributed by atoms with Gasteiger partial charge in [-0.05, 0) is 89.5 Å². The molecular weight excluding hydrogens is 415 g/mol. The van der Waals surface area contributed by atoms with Gasteiger partial charge in [-0.1, -0.05) is 35.4 Å². The molecular formula is C25H33BF4N2. The fraction of sp³-hybridized carbons (Fsp3) is 0.480. The molecule has 0 amide bonds. The van der Waals surface area contributed by atoms with E-state index in [-0.39, 0.29) is 0 Å². The van der Waals surface area contributed by atoms with Gasteiger partial charge < -0.3 is 17.3 Å². The van der Waals surface area contributed by atoms with E-state index in [9.17, 15) is 17.3 Å². The minimum Gasteiger partial charge on any atom is -0.418 e. The SMILES string of the molecule is Cc1cc(C)c(N2C=[N+](c3c(C)cc(C)cc3C)[C@@H]3CCCC[C@H]32)c(C)c1.F[B-](F)(F)F. The third-order valence-electron chi connectivity index (χ3n) is 6.44. The van der Waals surface area contributed by atoms with E-state index < -0.39 is 7.25 Å². The number of halogens is 4. The van der Waals surface area contributed by atoms with Crippen LogP contribution < -0.4 is 4.90 Å². The van der Waals surface area contributed by atoms with Crippen molar-refractivity contribution in [3.8, 4) is 0 Å². The highest BCUT2D eigenvalue weighted by Crippen LogP contribution is 2.39. The fourth-order valence-electron chi connectivity index (χ4n) is 5.65. The number of anilines is 1. The van der Waals surface area contributed by atoms with Crippen molar-refractivity contribution < 1.29 is 21.8 Å². The van der Waals surface area contributed by atoms with Crippen molar-refractivity contribution in [2.75, 3.05) is 4.90 Å². The molecule has 0 saturated heterocycles. The zero-order valence-corrected chi connectivity index (χ0v) is 19.9. The average molecular weight is 448 g/mol. The van der Waals surface area contributed by atoms with Crippen LogP contribution in [0.15, 0.2) is 24.3 Å². The van der Waals surface area contributed by atoms with Crippen molar-refractivity contribution in [2.45, 2.75) is 79.3 Å². The molecule has 2 aromatic carbocycles. The molecule has 7 heteroatoms. The first kappa shape index (κ1) is 24.3. The highest BCUT2D eigenvalue weighted by Gasteiger charge is 2.46. The highest BCUT2D eigenvalue weighted by molar-refractivity contribution is 6.50. The van der Waals surface area contributed by atoms with Crippen molar-refractivity contribution in [1.29, 1.82) is 0 Å². The molecule has 1 saturated carbocycles. The molecule has 4 rings (SSSR count). The van der Waals surface area contributed by atoms with Crippen LogP contribution in [0.5, 0.6) is 0 Å². The second-order valence-electron chi connectivity index (χ2n) is 9.34. The van der Waals surface area contributed by atoms with E-state index in [1.54, 1.807) is 0 Å². The largest absolute Gasteiger partial charge is 0.673 e. The first-order valence-corrected chi connectivity index (χ1v) is 11.3. The Labute approximate surface area is 189 Å². The van der Waals surface area contributed by atoms with Gasteiger partial charge in [0.25, 0.3) is 0 Å². The lowest BCUT2D eigenvalue weighted by Crippen LogP contribution is -2.41. The zero-order chi connectivity index (χ0) is 23.8. The first-order chi connectivity index (χ1) is 14.9. The third-order valence-corrected chi connectivity index (χ3v) is 6.44. The summed E-state index contributed by atoms with van der Waals surface area (Å²) < 4.78 is 41.6. The summed E-state index contributed by atoms with van der Waals surface area (Å²) in [6.45, 7) is 13.5. The minimum atomic E-state index is -6.00. The molecule has 0 unspecified atom stereocenters. The van der Waals surface area contributed by atoms with Crippen LogP contribution >= 0.6 is 0 Å². The van der Waals surface area contributed by atoms with Gasteiger partial charge in [0.05, 0.1) is 0 Å². The van der Waals surface area contributed by atoms with Gasteiger partial charge in [-0.3, -0.25) is 0 Å². The Balaban J connectivity index is 0.000000523. The molecule has 2 atom stereocenters. The maximum absolute atomic E-state index is 9.75. The van der Waals surface area contributed by atoms with Gasteiger partial charge in [0, 0.05) is 0 Å². The van der Waals surface area contributed by atoms with Crippen LogP contribution in [-0.4, -0.2) is 30.3 Å². The zero-order valence-electron chi connectivity index (χ0n) is 19.9. The lowest BCUT2D eigenvalue weighted by Gasteiger charge is -2.29. The second kappa shape index (κ2) is 9.28. The van der Waals surface area contributed by atoms with Gasteiger partial charge in [-0.15, -0.1) is 0 Å². The van der Waals surface area contributed by atoms with Gasteiger partial charge in [0.2, 0.25) is 6.34 Å². The van der Waals surface area contributed by atoms with Crippen LogP contribution in [0, 0.1) is 41.5 Å². The molecule has 1 heterocycles. The molecule has 0 bridgehead atoms. The molecule has 1 aliphatic carbocycles.